The van der Waals surface area contributed by atoms with Gasteiger partial charge in [0.2, 0.25) is 0 Å². The normalized spacial score (nSPS) is 17.4. The van der Waals surface area contributed by atoms with Gasteiger partial charge in [0.15, 0.2) is 0 Å². The topological polar surface area (TPSA) is 47.3 Å². The molecule has 0 heterocycles. The SMILES string of the molecule is CNC1CCCCC1.COCCCN. The van der Waals surface area contributed by atoms with Crippen molar-refractivity contribution in [3.05, 3.63) is 0 Å². The lowest BCUT2D eigenvalue weighted by Crippen LogP contribution is -2.26. The molecule has 1 saturated carbocycles. The maximum atomic E-state index is 5.13. The first kappa shape index (κ1) is 13.9. The quantitative estimate of drug-likeness (QED) is 0.680. The Kier molecular flexibility index (Phi) is 10.9. The van der Waals surface area contributed by atoms with Gasteiger partial charge in [0.25, 0.3) is 0 Å². The maximum absolute atomic E-state index is 5.13. The molecule has 3 nitrogen and oxygen atoms in total. The average Bonchev–Trinajstić information content (AvgIpc) is 2.28. The summed E-state index contributed by atoms with van der Waals surface area (Å²) in [6, 6.07) is 0.837. The zero-order valence-electron chi connectivity index (χ0n) is 9.72. The van der Waals surface area contributed by atoms with E-state index in [0.29, 0.717) is 0 Å². The molecule has 0 atom stereocenters. The number of nitrogens with two attached hydrogens (primary N) is 1. The lowest BCUT2D eigenvalue weighted by Gasteiger charge is -2.20. The smallest absolute Gasteiger partial charge is 0.0474 e. The van der Waals surface area contributed by atoms with E-state index >= 15 is 0 Å². The van der Waals surface area contributed by atoms with Crippen LogP contribution in [-0.4, -0.2) is 33.4 Å². The van der Waals surface area contributed by atoms with Crippen molar-refractivity contribution in [3.8, 4) is 0 Å². The Hall–Kier alpha value is -0.120. The van der Waals surface area contributed by atoms with Gasteiger partial charge in [0.1, 0.15) is 0 Å². The predicted molar refractivity (Wildman–Crippen MR) is 61.5 cm³/mol. The van der Waals surface area contributed by atoms with E-state index in [0.717, 1.165) is 25.6 Å². The van der Waals surface area contributed by atoms with Crippen molar-refractivity contribution < 1.29 is 4.74 Å². The van der Waals surface area contributed by atoms with Crippen LogP contribution in [0.4, 0.5) is 0 Å². The molecule has 1 fully saturated rings. The second-order valence-electron chi connectivity index (χ2n) is 3.76. The first-order valence-electron chi connectivity index (χ1n) is 5.71. The minimum Gasteiger partial charge on any atom is -0.385 e. The van der Waals surface area contributed by atoms with Gasteiger partial charge in [-0.3, -0.25) is 0 Å². The van der Waals surface area contributed by atoms with Crippen LogP contribution < -0.4 is 11.1 Å². The van der Waals surface area contributed by atoms with Gasteiger partial charge in [-0.15, -0.1) is 0 Å². The van der Waals surface area contributed by atoms with Gasteiger partial charge >= 0.3 is 0 Å². The van der Waals surface area contributed by atoms with Gasteiger partial charge in [-0.05, 0) is 32.9 Å². The highest BCUT2D eigenvalue weighted by molar-refractivity contribution is 4.68. The molecule has 86 valence electrons. The monoisotopic (exact) mass is 202 g/mol. The summed E-state index contributed by atoms with van der Waals surface area (Å²) in [7, 11) is 3.74. The molecule has 1 aliphatic carbocycles. The number of nitrogens with one attached hydrogen (secondary N) is 1. The van der Waals surface area contributed by atoms with E-state index < -0.39 is 0 Å². The molecule has 0 spiro atoms. The van der Waals surface area contributed by atoms with E-state index in [4.69, 9.17) is 10.5 Å². The highest BCUT2D eigenvalue weighted by atomic mass is 16.5. The maximum Gasteiger partial charge on any atom is 0.0474 e. The summed E-state index contributed by atoms with van der Waals surface area (Å²) in [6.07, 6.45) is 8.10. The Bertz CT molecular complexity index is 99.5. The Morgan fingerprint density at radius 3 is 2.21 bits per heavy atom. The van der Waals surface area contributed by atoms with Gasteiger partial charge in [-0.25, -0.2) is 0 Å². The minimum absolute atomic E-state index is 0.730. The molecule has 0 saturated heterocycles. The van der Waals surface area contributed by atoms with Crippen molar-refractivity contribution >= 4 is 0 Å². The van der Waals surface area contributed by atoms with Crippen molar-refractivity contribution in [1.82, 2.24) is 5.32 Å². The number of rotatable bonds is 4. The fraction of sp³-hybridized carbons (Fsp3) is 1.00. The number of methoxy groups -OCH3 is 1. The van der Waals surface area contributed by atoms with Crippen molar-refractivity contribution in [3.63, 3.8) is 0 Å². The van der Waals surface area contributed by atoms with Crippen LogP contribution in [0.25, 0.3) is 0 Å². The third-order valence-electron chi connectivity index (χ3n) is 2.57. The van der Waals surface area contributed by atoms with Crippen LogP contribution in [0.15, 0.2) is 0 Å². The molecule has 3 N–H and O–H groups in total. The highest BCUT2D eigenvalue weighted by Crippen LogP contribution is 2.16. The van der Waals surface area contributed by atoms with Crippen molar-refractivity contribution in [2.75, 3.05) is 27.3 Å². The van der Waals surface area contributed by atoms with Crippen LogP contribution >= 0.6 is 0 Å². The van der Waals surface area contributed by atoms with Gasteiger partial charge in [0.05, 0.1) is 0 Å². The lowest BCUT2D eigenvalue weighted by atomic mass is 9.96. The van der Waals surface area contributed by atoms with Gasteiger partial charge in [-0.2, -0.15) is 0 Å². The summed E-state index contributed by atoms with van der Waals surface area (Å²) < 4.78 is 4.70. The molecule has 0 unspecified atom stereocenters. The first-order chi connectivity index (χ1) is 6.85. The largest absolute Gasteiger partial charge is 0.385 e. The molecule has 0 aromatic heterocycles. The lowest BCUT2D eigenvalue weighted by molar-refractivity contribution is 0.197. The Morgan fingerprint density at radius 2 is 1.93 bits per heavy atom. The molecular formula is C11H26N2O. The summed E-state index contributed by atoms with van der Waals surface area (Å²) in [4.78, 5) is 0. The van der Waals surface area contributed by atoms with Crippen molar-refractivity contribution in [2.45, 2.75) is 44.6 Å². The average molecular weight is 202 g/mol. The Balaban J connectivity index is 0.000000255. The van der Waals surface area contributed by atoms with Crippen LogP contribution in [0.2, 0.25) is 0 Å². The van der Waals surface area contributed by atoms with E-state index in [-0.39, 0.29) is 0 Å². The molecule has 0 radical (unpaired) electrons. The molecule has 14 heavy (non-hydrogen) atoms. The molecule has 0 bridgehead atoms. The minimum atomic E-state index is 0.730. The molecule has 1 aliphatic rings. The third-order valence-corrected chi connectivity index (χ3v) is 2.57. The molecule has 0 aromatic rings. The van der Waals surface area contributed by atoms with E-state index in [2.05, 4.69) is 12.4 Å². The fourth-order valence-electron chi connectivity index (χ4n) is 1.62. The summed E-state index contributed by atoms with van der Waals surface area (Å²) >= 11 is 0. The van der Waals surface area contributed by atoms with E-state index in [9.17, 15) is 0 Å². The second-order valence-corrected chi connectivity index (χ2v) is 3.76. The summed E-state index contributed by atoms with van der Waals surface area (Å²) in [5.74, 6) is 0. The summed E-state index contributed by atoms with van der Waals surface area (Å²) in [5.41, 5.74) is 5.13. The molecule has 0 amide bonds. The van der Waals surface area contributed by atoms with E-state index in [1.54, 1.807) is 7.11 Å². The second kappa shape index (κ2) is 11.0. The van der Waals surface area contributed by atoms with Gasteiger partial charge in [0, 0.05) is 19.8 Å². The zero-order valence-corrected chi connectivity index (χ0v) is 9.72. The molecule has 0 aliphatic heterocycles. The summed E-state index contributed by atoms with van der Waals surface area (Å²) in [6.45, 7) is 1.52. The molecular weight excluding hydrogens is 176 g/mol. The van der Waals surface area contributed by atoms with Crippen LogP contribution in [0.5, 0.6) is 0 Å². The highest BCUT2D eigenvalue weighted by Gasteiger charge is 2.09. The van der Waals surface area contributed by atoms with Gasteiger partial charge in [-0.1, -0.05) is 19.3 Å². The summed E-state index contributed by atoms with van der Waals surface area (Å²) in [5, 5.41) is 3.30. The predicted octanol–water partition coefficient (Wildman–Crippen LogP) is 1.52. The standard InChI is InChI=1S/C7H15N.C4H11NO/c1-8-7-5-3-2-4-6-7;1-6-4-2-3-5/h7-8H,2-6H2,1H3;2-5H2,1H3. The molecule has 3 heteroatoms. The van der Waals surface area contributed by atoms with E-state index in [1.165, 1.54) is 32.1 Å². The molecule has 0 aromatic carbocycles. The van der Waals surface area contributed by atoms with Crippen LogP contribution in [-0.2, 0) is 4.74 Å². The molecule has 1 rings (SSSR count). The number of hydrogen-bond acceptors (Lipinski definition) is 3. The number of hydrogen-bond donors (Lipinski definition) is 2. The number of ether oxygens (including phenoxy) is 1. The van der Waals surface area contributed by atoms with E-state index in [1.807, 2.05) is 0 Å². The first-order valence-corrected chi connectivity index (χ1v) is 5.71. The third kappa shape index (κ3) is 8.48. The zero-order chi connectivity index (χ0) is 10.6. The Labute approximate surface area is 88.4 Å². The fourth-order valence-corrected chi connectivity index (χ4v) is 1.62. The van der Waals surface area contributed by atoms with Crippen LogP contribution in [0.3, 0.4) is 0 Å². The Morgan fingerprint density at radius 1 is 1.29 bits per heavy atom. The van der Waals surface area contributed by atoms with Crippen LogP contribution in [0.1, 0.15) is 38.5 Å². The van der Waals surface area contributed by atoms with Crippen molar-refractivity contribution in [1.29, 1.82) is 0 Å². The van der Waals surface area contributed by atoms with Crippen LogP contribution in [0, 0.1) is 0 Å². The van der Waals surface area contributed by atoms with Crippen molar-refractivity contribution in [2.24, 2.45) is 5.73 Å². The van der Waals surface area contributed by atoms with Gasteiger partial charge < -0.3 is 15.8 Å².